The van der Waals surface area contributed by atoms with Crippen LogP contribution in [0, 0.1) is 5.92 Å². The van der Waals surface area contributed by atoms with Crippen molar-refractivity contribution in [3.63, 3.8) is 0 Å². The van der Waals surface area contributed by atoms with Crippen LogP contribution in [0.4, 0.5) is 0 Å². The van der Waals surface area contributed by atoms with Crippen molar-refractivity contribution in [2.45, 2.75) is 71.4 Å². The van der Waals surface area contributed by atoms with E-state index >= 15 is 0 Å². The topological polar surface area (TPSA) is 23.5 Å². The molecule has 1 aliphatic rings. The van der Waals surface area contributed by atoms with Crippen LogP contribution in [-0.2, 0) is 0 Å². The van der Waals surface area contributed by atoms with Crippen molar-refractivity contribution in [1.82, 2.24) is 4.90 Å². The molecular formula is C14H29NO. The van der Waals surface area contributed by atoms with Crippen LogP contribution in [0.25, 0.3) is 0 Å². The summed E-state index contributed by atoms with van der Waals surface area (Å²) in [5, 5.41) is 10.2. The van der Waals surface area contributed by atoms with Gasteiger partial charge in [-0.15, -0.1) is 0 Å². The van der Waals surface area contributed by atoms with Crippen LogP contribution in [0.5, 0.6) is 0 Å². The number of hydrogen-bond donors (Lipinski definition) is 1. The number of likely N-dealkylation sites (tertiary alicyclic amines) is 1. The Hall–Kier alpha value is -0.0800. The highest BCUT2D eigenvalue weighted by Crippen LogP contribution is 2.21. The van der Waals surface area contributed by atoms with E-state index in [4.69, 9.17) is 0 Å². The van der Waals surface area contributed by atoms with Crippen LogP contribution >= 0.6 is 0 Å². The van der Waals surface area contributed by atoms with Gasteiger partial charge in [-0.05, 0) is 51.1 Å². The molecule has 96 valence electrons. The summed E-state index contributed by atoms with van der Waals surface area (Å²) in [6, 6.07) is 0.394. The highest BCUT2D eigenvalue weighted by molar-refractivity contribution is 4.80. The van der Waals surface area contributed by atoms with E-state index in [1.54, 1.807) is 0 Å². The van der Waals surface area contributed by atoms with Gasteiger partial charge in [-0.3, -0.25) is 4.90 Å². The number of nitrogens with zero attached hydrogens (tertiary/aromatic N) is 1. The van der Waals surface area contributed by atoms with Gasteiger partial charge in [0.05, 0.1) is 6.10 Å². The van der Waals surface area contributed by atoms with Crippen LogP contribution < -0.4 is 0 Å². The number of aliphatic hydroxyl groups excluding tert-OH is 1. The number of hydrogen-bond acceptors (Lipinski definition) is 2. The molecule has 0 aromatic heterocycles. The van der Waals surface area contributed by atoms with Gasteiger partial charge in [-0.1, -0.05) is 27.2 Å². The van der Waals surface area contributed by atoms with Gasteiger partial charge in [0.1, 0.15) is 0 Å². The zero-order valence-electron chi connectivity index (χ0n) is 11.3. The van der Waals surface area contributed by atoms with E-state index < -0.39 is 0 Å². The van der Waals surface area contributed by atoms with Crippen LogP contribution in [-0.4, -0.2) is 35.2 Å². The molecule has 16 heavy (non-hydrogen) atoms. The third-order valence-corrected chi connectivity index (χ3v) is 3.97. The molecule has 1 heterocycles. The van der Waals surface area contributed by atoms with Crippen molar-refractivity contribution in [2.24, 2.45) is 5.92 Å². The number of aliphatic hydroxyl groups is 1. The molecule has 0 bridgehead atoms. The molecule has 2 heteroatoms. The molecule has 1 rings (SSSR count). The number of rotatable bonds is 5. The molecule has 1 saturated heterocycles. The van der Waals surface area contributed by atoms with Crippen molar-refractivity contribution in [2.75, 3.05) is 13.1 Å². The summed E-state index contributed by atoms with van der Waals surface area (Å²) < 4.78 is 0. The van der Waals surface area contributed by atoms with Gasteiger partial charge in [-0.2, -0.15) is 0 Å². The molecule has 1 N–H and O–H groups in total. The van der Waals surface area contributed by atoms with Crippen molar-refractivity contribution < 1.29 is 5.11 Å². The Balaban J connectivity index is 2.50. The quantitative estimate of drug-likeness (QED) is 0.780. The highest BCUT2D eigenvalue weighted by Gasteiger charge is 2.25. The molecular weight excluding hydrogens is 198 g/mol. The summed E-state index contributed by atoms with van der Waals surface area (Å²) in [6.07, 6.45) is 6.95. The molecule has 0 aliphatic carbocycles. The second-order valence-corrected chi connectivity index (χ2v) is 5.40. The Bertz CT molecular complexity index is 184. The van der Waals surface area contributed by atoms with E-state index in [2.05, 4.69) is 25.7 Å². The minimum Gasteiger partial charge on any atom is -0.391 e. The SMILES string of the molecule is CCCC(O)C(CC)N1CCCC(C)CC1. The summed E-state index contributed by atoms with van der Waals surface area (Å²) in [5.74, 6) is 0.867. The van der Waals surface area contributed by atoms with Gasteiger partial charge in [0.2, 0.25) is 0 Å². The van der Waals surface area contributed by atoms with Crippen molar-refractivity contribution in [1.29, 1.82) is 0 Å². The molecule has 1 fully saturated rings. The van der Waals surface area contributed by atoms with Crippen LogP contribution in [0.2, 0.25) is 0 Å². The predicted octanol–water partition coefficient (Wildman–Crippen LogP) is 3.05. The van der Waals surface area contributed by atoms with E-state index in [-0.39, 0.29) is 6.10 Å². The Kier molecular flexibility index (Phi) is 6.37. The fourth-order valence-corrected chi connectivity index (χ4v) is 2.88. The normalized spacial score (nSPS) is 27.4. The average molecular weight is 227 g/mol. The summed E-state index contributed by atoms with van der Waals surface area (Å²) >= 11 is 0. The molecule has 3 atom stereocenters. The minimum atomic E-state index is -0.122. The molecule has 0 radical (unpaired) electrons. The lowest BCUT2D eigenvalue weighted by molar-refractivity contribution is 0.0418. The van der Waals surface area contributed by atoms with Gasteiger partial charge in [0.15, 0.2) is 0 Å². The van der Waals surface area contributed by atoms with E-state index in [1.807, 2.05) is 0 Å². The third-order valence-electron chi connectivity index (χ3n) is 3.97. The maximum Gasteiger partial charge on any atom is 0.0695 e. The monoisotopic (exact) mass is 227 g/mol. The average Bonchev–Trinajstić information content (AvgIpc) is 2.46. The van der Waals surface area contributed by atoms with Gasteiger partial charge >= 0.3 is 0 Å². The third kappa shape index (κ3) is 4.06. The molecule has 0 amide bonds. The first-order chi connectivity index (χ1) is 7.69. The van der Waals surface area contributed by atoms with Crippen molar-refractivity contribution in [3.05, 3.63) is 0 Å². The fraction of sp³-hybridized carbons (Fsp3) is 1.00. The summed E-state index contributed by atoms with van der Waals surface area (Å²) in [7, 11) is 0. The zero-order valence-corrected chi connectivity index (χ0v) is 11.3. The lowest BCUT2D eigenvalue weighted by atomic mass is 10.0. The van der Waals surface area contributed by atoms with E-state index in [0.717, 1.165) is 25.2 Å². The largest absolute Gasteiger partial charge is 0.391 e. The zero-order chi connectivity index (χ0) is 12.0. The lowest BCUT2D eigenvalue weighted by Crippen LogP contribution is -2.43. The molecule has 0 aromatic carbocycles. The van der Waals surface area contributed by atoms with Gasteiger partial charge in [-0.25, -0.2) is 0 Å². The second-order valence-electron chi connectivity index (χ2n) is 5.40. The first-order valence-electron chi connectivity index (χ1n) is 7.11. The fourth-order valence-electron chi connectivity index (χ4n) is 2.88. The van der Waals surface area contributed by atoms with E-state index in [0.29, 0.717) is 6.04 Å². The second kappa shape index (κ2) is 7.29. The van der Waals surface area contributed by atoms with E-state index in [9.17, 15) is 5.11 Å². The first-order valence-corrected chi connectivity index (χ1v) is 7.11. The Morgan fingerprint density at radius 3 is 2.62 bits per heavy atom. The standard InChI is InChI=1S/C14H29NO/c1-4-7-14(16)13(5-2)15-10-6-8-12(3)9-11-15/h12-14,16H,4-11H2,1-3H3. The maximum atomic E-state index is 10.2. The summed E-state index contributed by atoms with van der Waals surface area (Å²) in [4.78, 5) is 2.53. The molecule has 1 aliphatic heterocycles. The summed E-state index contributed by atoms with van der Waals surface area (Å²) in [5.41, 5.74) is 0. The predicted molar refractivity (Wildman–Crippen MR) is 69.6 cm³/mol. The molecule has 0 aromatic rings. The molecule has 0 spiro atoms. The van der Waals surface area contributed by atoms with Crippen LogP contribution in [0.3, 0.4) is 0 Å². The first kappa shape index (κ1) is 14.0. The van der Waals surface area contributed by atoms with Gasteiger partial charge in [0, 0.05) is 6.04 Å². The smallest absolute Gasteiger partial charge is 0.0695 e. The van der Waals surface area contributed by atoms with Crippen LogP contribution in [0.1, 0.15) is 59.3 Å². The minimum absolute atomic E-state index is 0.122. The molecule has 3 unspecified atom stereocenters. The van der Waals surface area contributed by atoms with Crippen molar-refractivity contribution in [3.8, 4) is 0 Å². The van der Waals surface area contributed by atoms with Gasteiger partial charge < -0.3 is 5.11 Å². The maximum absolute atomic E-state index is 10.2. The van der Waals surface area contributed by atoms with Crippen molar-refractivity contribution >= 4 is 0 Å². The Morgan fingerprint density at radius 1 is 1.25 bits per heavy atom. The highest BCUT2D eigenvalue weighted by atomic mass is 16.3. The molecule has 0 saturated carbocycles. The Morgan fingerprint density at radius 2 is 2.00 bits per heavy atom. The molecule has 2 nitrogen and oxygen atoms in total. The van der Waals surface area contributed by atoms with Gasteiger partial charge in [0.25, 0.3) is 0 Å². The lowest BCUT2D eigenvalue weighted by Gasteiger charge is -2.33. The summed E-state index contributed by atoms with van der Waals surface area (Å²) in [6.45, 7) is 9.08. The van der Waals surface area contributed by atoms with Crippen LogP contribution in [0.15, 0.2) is 0 Å². The Labute approximate surface area is 101 Å². The van der Waals surface area contributed by atoms with E-state index in [1.165, 1.54) is 32.4 Å².